The number of rotatable bonds is 9. The molecule has 3 aromatic rings. The molecule has 180 valence electrons. The predicted octanol–water partition coefficient (Wildman–Crippen LogP) is 5.18. The summed E-state index contributed by atoms with van der Waals surface area (Å²) in [5, 5.41) is 1.75. The van der Waals surface area contributed by atoms with E-state index in [-0.39, 0.29) is 17.9 Å². The molecule has 0 unspecified atom stereocenters. The maximum atomic E-state index is 13.7. The van der Waals surface area contributed by atoms with Gasteiger partial charge in [0.15, 0.2) is 6.10 Å². The Morgan fingerprint density at radius 1 is 0.800 bits per heavy atom. The molecule has 3 atom stereocenters. The average Bonchev–Trinajstić information content (AvgIpc) is 3.38. The van der Waals surface area contributed by atoms with Crippen LogP contribution in [0.3, 0.4) is 0 Å². The molecule has 2 aliphatic heterocycles. The molecule has 0 bridgehead atoms. The van der Waals surface area contributed by atoms with E-state index < -0.39 is 12.0 Å². The number of nitrogens with zero attached hydrogens (tertiary/aromatic N) is 2. The molecule has 6 nitrogen and oxygen atoms in total. The van der Waals surface area contributed by atoms with E-state index in [9.17, 15) is 9.59 Å². The van der Waals surface area contributed by atoms with Gasteiger partial charge in [-0.1, -0.05) is 68.3 Å². The second kappa shape index (κ2) is 10.3. The van der Waals surface area contributed by atoms with Gasteiger partial charge in [0.2, 0.25) is 5.91 Å². The van der Waals surface area contributed by atoms with Crippen molar-refractivity contribution in [1.29, 1.82) is 0 Å². The topological polar surface area (TPSA) is 59.1 Å². The third-order valence-corrected chi connectivity index (χ3v) is 6.65. The first kappa shape index (κ1) is 23.1. The van der Waals surface area contributed by atoms with Crippen LogP contribution in [-0.2, 0) is 20.8 Å². The number of ether oxygens (including phenoxy) is 1. The molecular formula is C29H30N2O4. The number of hydrogen-bond donors (Lipinski definition) is 0. The van der Waals surface area contributed by atoms with Crippen LogP contribution in [0.25, 0.3) is 0 Å². The van der Waals surface area contributed by atoms with Gasteiger partial charge in [-0.15, -0.1) is 0 Å². The van der Waals surface area contributed by atoms with Gasteiger partial charge >= 0.3 is 0 Å². The van der Waals surface area contributed by atoms with Crippen molar-refractivity contribution in [1.82, 2.24) is 0 Å². The van der Waals surface area contributed by atoms with E-state index >= 15 is 0 Å². The van der Waals surface area contributed by atoms with Crippen LogP contribution in [0.5, 0.6) is 5.75 Å². The largest absolute Gasteiger partial charge is 0.494 e. The summed E-state index contributed by atoms with van der Waals surface area (Å²) in [7, 11) is 0. The monoisotopic (exact) mass is 470 g/mol. The van der Waals surface area contributed by atoms with Crippen LogP contribution < -0.4 is 14.7 Å². The molecule has 2 saturated heterocycles. The Labute approximate surface area is 206 Å². The van der Waals surface area contributed by atoms with Crippen molar-refractivity contribution in [2.75, 3.05) is 16.6 Å². The van der Waals surface area contributed by atoms with Crippen LogP contribution in [0.2, 0.25) is 0 Å². The van der Waals surface area contributed by atoms with Crippen LogP contribution in [0.4, 0.5) is 11.4 Å². The molecule has 0 radical (unpaired) electrons. The van der Waals surface area contributed by atoms with Crippen LogP contribution in [0.1, 0.15) is 31.7 Å². The van der Waals surface area contributed by atoms with Crippen LogP contribution in [0.15, 0.2) is 84.9 Å². The van der Waals surface area contributed by atoms with E-state index in [1.165, 1.54) is 4.90 Å². The fourth-order valence-corrected chi connectivity index (χ4v) is 4.87. The zero-order chi connectivity index (χ0) is 24.2. The van der Waals surface area contributed by atoms with E-state index in [4.69, 9.17) is 9.57 Å². The SMILES string of the molecule is CCCCCOc1ccc(N2C(=O)[C@H]3[C@H](ON(c4ccccc4)[C@H]3Cc3ccccc3)C2=O)cc1. The summed E-state index contributed by atoms with van der Waals surface area (Å²) in [6.45, 7) is 2.81. The predicted molar refractivity (Wildman–Crippen MR) is 135 cm³/mol. The second-order valence-corrected chi connectivity index (χ2v) is 9.03. The van der Waals surface area contributed by atoms with Gasteiger partial charge < -0.3 is 4.74 Å². The standard InChI is InChI=1S/C29H30N2O4/c1-2-3-10-19-34-24-17-15-22(16-18-24)30-28(32)26-25(20-21-11-6-4-7-12-21)31(35-27(26)29(30)33)23-13-8-5-9-14-23/h4-9,11-18,25-27H,2-3,10,19-20H2,1H3/t25-,26+,27-/m0/s1. The summed E-state index contributed by atoms with van der Waals surface area (Å²) >= 11 is 0. The lowest BCUT2D eigenvalue weighted by atomic mass is 9.91. The van der Waals surface area contributed by atoms with Crippen molar-refractivity contribution >= 4 is 23.2 Å². The first-order valence-electron chi connectivity index (χ1n) is 12.3. The van der Waals surface area contributed by atoms with E-state index in [1.54, 1.807) is 17.2 Å². The summed E-state index contributed by atoms with van der Waals surface area (Å²) in [6.07, 6.45) is 3.01. The summed E-state index contributed by atoms with van der Waals surface area (Å²) < 4.78 is 5.78. The Hall–Kier alpha value is -3.64. The fourth-order valence-electron chi connectivity index (χ4n) is 4.87. The molecule has 0 spiro atoms. The lowest BCUT2D eigenvalue weighted by Crippen LogP contribution is -2.41. The minimum atomic E-state index is -0.846. The molecule has 0 N–H and O–H groups in total. The third kappa shape index (κ3) is 4.66. The molecule has 6 heteroatoms. The Morgan fingerprint density at radius 2 is 1.49 bits per heavy atom. The number of anilines is 2. The number of fused-ring (bicyclic) bond motifs is 1. The molecule has 3 aromatic carbocycles. The number of carbonyl (C=O) groups excluding carboxylic acids is 2. The minimum absolute atomic E-state index is 0.226. The van der Waals surface area contributed by atoms with Crippen LogP contribution in [0, 0.1) is 5.92 Å². The molecule has 0 aromatic heterocycles. The third-order valence-electron chi connectivity index (χ3n) is 6.65. The van der Waals surface area contributed by atoms with Gasteiger partial charge in [-0.25, -0.2) is 9.96 Å². The van der Waals surface area contributed by atoms with Crippen molar-refractivity contribution in [3.05, 3.63) is 90.5 Å². The van der Waals surface area contributed by atoms with Gasteiger partial charge in [-0.2, -0.15) is 0 Å². The van der Waals surface area contributed by atoms with E-state index in [2.05, 4.69) is 6.92 Å². The second-order valence-electron chi connectivity index (χ2n) is 9.03. The number of unbranched alkanes of at least 4 members (excludes halogenated alkanes) is 2. The molecule has 2 aliphatic rings. The number of carbonyl (C=O) groups is 2. The Morgan fingerprint density at radius 3 is 2.17 bits per heavy atom. The minimum Gasteiger partial charge on any atom is -0.494 e. The van der Waals surface area contributed by atoms with Crippen molar-refractivity contribution in [2.24, 2.45) is 5.92 Å². The zero-order valence-electron chi connectivity index (χ0n) is 19.9. The Bertz CT molecular complexity index is 1150. The first-order chi connectivity index (χ1) is 17.2. The van der Waals surface area contributed by atoms with Gasteiger partial charge in [0.05, 0.1) is 24.0 Å². The van der Waals surface area contributed by atoms with Crippen LogP contribution >= 0.6 is 0 Å². The molecule has 0 aliphatic carbocycles. The smallest absolute Gasteiger partial charge is 0.266 e. The molecule has 2 heterocycles. The van der Waals surface area contributed by atoms with E-state index in [1.807, 2.05) is 72.8 Å². The molecule has 35 heavy (non-hydrogen) atoms. The van der Waals surface area contributed by atoms with E-state index in [0.717, 1.165) is 36.3 Å². The summed E-state index contributed by atoms with van der Waals surface area (Å²) in [5.41, 5.74) is 2.47. The van der Waals surface area contributed by atoms with Crippen molar-refractivity contribution in [3.8, 4) is 5.75 Å². The van der Waals surface area contributed by atoms with Crippen molar-refractivity contribution in [2.45, 2.75) is 44.8 Å². The van der Waals surface area contributed by atoms with Crippen LogP contribution in [-0.4, -0.2) is 30.6 Å². The fraction of sp³-hybridized carbons (Fsp3) is 0.310. The highest BCUT2D eigenvalue weighted by molar-refractivity contribution is 6.23. The highest BCUT2D eigenvalue weighted by atomic mass is 16.7. The van der Waals surface area contributed by atoms with Gasteiger partial charge in [0, 0.05) is 0 Å². The van der Waals surface area contributed by atoms with Gasteiger partial charge in [-0.3, -0.25) is 14.4 Å². The van der Waals surface area contributed by atoms with Gasteiger partial charge in [-0.05, 0) is 54.8 Å². The normalized spacial score (nSPS) is 21.5. The van der Waals surface area contributed by atoms with Crippen molar-refractivity contribution in [3.63, 3.8) is 0 Å². The number of benzene rings is 3. The quantitative estimate of drug-likeness (QED) is 0.319. The number of imide groups is 1. The van der Waals surface area contributed by atoms with Gasteiger partial charge in [0.1, 0.15) is 11.7 Å². The number of hydroxylamine groups is 1. The molecular weight excluding hydrogens is 440 g/mol. The maximum absolute atomic E-state index is 13.7. The summed E-state index contributed by atoms with van der Waals surface area (Å²) in [5.74, 6) is -0.408. The Balaban J connectivity index is 1.38. The highest BCUT2D eigenvalue weighted by Gasteiger charge is 2.59. The highest BCUT2D eigenvalue weighted by Crippen LogP contribution is 2.41. The molecule has 5 rings (SSSR count). The van der Waals surface area contributed by atoms with E-state index in [0.29, 0.717) is 18.7 Å². The number of hydrogen-bond acceptors (Lipinski definition) is 5. The molecule has 2 amide bonds. The lowest BCUT2D eigenvalue weighted by Gasteiger charge is -2.28. The van der Waals surface area contributed by atoms with Gasteiger partial charge in [0.25, 0.3) is 5.91 Å². The summed E-state index contributed by atoms with van der Waals surface area (Å²) in [6, 6.07) is 26.5. The van der Waals surface area contributed by atoms with Crippen molar-refractivity contribution < 1.29 is 19.2 Å². The average molecular weight is 471 g/mol. The molecule has 0 saturated carbocycles. The lowest BCUT2D eigenvalue weighted by molar-refractivity contribution is -0.126. The maximum Gasteiger partial charge on any atom is 0.266 e. The number of para-hydroxylation sites is 1. The molecule has 2 fully saturated rings. The Kier molecular flexibility index (Phi) is 6.82. The first-order valence-corrected chi connectivity index (χ1v) is 12.3. The zero-order valence-corrected chi connectivity index (χ0v) is 19.9. The number of amides is 2. The summed E-state index contributed by atoms with van der Waals surface area (Å²) in [4.78, 5) is 34.6.